The minimum atomic E-state index is -5.04. The first-order valence-corrected chi connectivity index (χ1v) is 17.1. The number of ether oxygens (including phenoxy) is 3. The SMILES string of the molecule is CCCCOC[C@]1(NC(=O)CCl)CC[C@@](CO[C@H](C)c2cc(C(F)(F)F)cc(C(F)(F)F)c2)(c2ccccc2)N(C(=O)OCc2ccccc2)C1. The molecule has 3 aromatic rings. The number of halogens is 7. The van der Waals surface area contributed by atoms with Crippen LogP contribution in [0.3, 0.4) is 0 Å². The van der Waals surface area contributed by atoms with Gasteiger partial charge in [0.2, 0.25) is 5.91 Å². The van der Waals surface area contributed by atoms with E-state index in [2.05, 4.69) is 5.32 Å². The van der Waals surface area contributed by atoms with Gasteiger partial charge in [0.1, 0.15) is 12.5 Å². The van der Waals surface area contributed by atoms with Crippen LogP contribution in [0, 0.1) is 0 Å². The zero-order valence-corrected chi connectivity index (χ0v) is 29.0. The molecule has 1 heterocycles. The van der Waals surface area contributed by atoms with E-state index in [4.69, 9.17) is 25.8 Å². The fraction of sp³-hybridized carbons (Fsp3) is 0.459. The van der Waals surface area contributed by atoms with Crippen LogP contribution < -0.4 is 5.32 Å². The zero-order valence-electron chi connectivity index (χ0n) is 28.3. The summed E-state index contributed by atoms with van der Waals surface area (Å²) in [5, 5.41) is 2.94. The lowest BCUT2D eigenvalue weighted by Crippen LogP contribution is -2.68. The monoisotopic (exact) mass is 742 g/mol. The summed E-state index contributed by atoms with van der Waals surface area (Å²) in [5.41, 5.74) is -4.44. The second-order valence-corrected chi connectivity index (χ2v) is 13.0. The van der Waals surface area contributed by atoms with Crippen LogP contribution in [0.4, 0.5) is 31.1 Å². The Morgan fingerprint density at radius 2 is 1.51 bits per heavy atom. The van der Waals surface area contributed by atoms with E-state index < -0.39 is 52.7 Å². The average molecular weight is 743 g/mol. The molecule has 0 saturated carbocycles. The van der Waals surface area contributed by atoms with Gasteiger partial charge in [0.05, 0.1) is 48.1 Å². The third kappa shape index (κ3) is 10.4. The molecule has 1 aliphatic rings. The number of nitrogens with one attached hydrogen (secondary N) is 1. The summed E-state index contributed by atoms with van der Waals surface area (Å²) in [6, 6.07) is 19.0. The molecular formula is C37H41ClF6N2O5. The highest BCUT2D eigenvalue weighted by Gasteiger charge is 2.53. The third-order valence-corrected chi connectivity index (χ3v) is 9.17. The number of likely N-dealkylation sites (tertiary alicyclic amines) is 1. The summed E-state index contributed by atoms with van der Waals surface area (Å²) < 4.78 is 100. The minimum absolute atomic E-state index is 0.0324. The van der Waals surface area contributed by atoms with E-state index in [0.29, 0.717) is 29.9 Å². The minimum Gasteiger partial charge on any atom is -0.445 e. The number of benzene rings is 3. The van der Waals surface area contributed by atoms with Crippen LogP contribution in [0.5, 0.6) is 0 Å². The van der Waals surface area contributed by atoms with E-state index >= 15 is 0 Å². The van der Waals surface area contributed by atoms with Gasteiger partial charge >= 0.3 is 18.4 Å². The maximum absolute atomic E-state index is 14.2. The Kier molecular flexibility index (Phi) is 13.4. The normalized spacial score (nSPS) is 20.1. The molecule has 51 heavy (non-hydrogen) atoms. The van der Waals surface area contributed by atoms with Crippen molar-refractivity contribution in [2.75, 3.05) is 32.2 Å². The van der Waals surface area contributed by atoms with Gasteiger partial charge in [-0.15, -0.1) is 11.6 Å². The molecule has 2 amide bonds. The molecule has 0 aliphatic carbocycles. The summed E-state index contributed by atoms with van der Waals surface area (Å²) in [6.45, 7) is 3.20. The van der Waals surface area contributed by atoms with Gasteiger partial charge in [0, 0.05) is 6.61 Å². The number of carbonyl (C=O) groups excluding carboxylic acids is 2. The molecule has 1 fully saturated rings. The first-order valence-electron chi connectivity index (χ1n) is 16.5. The van der Waals surface area contributed by atoms with E-state index in [1.807, 2.05) is 13.0 Å². The van der Waals surface area contributed by atoms with Gasteiger partial charge in [-0.05, 0) is 61.1 Å². The topological polar surface area (TPSA) is 77.1 Å². The summed E-state index contributed by atoms with van der Waals surface area (Å²) in [7, 11) is 0. The van der Waals surface area contributed by atoms with Gasteiger partial charge in [0.15, 0.2) is 0 Å². The summed E-state index contributed by atoms with van der Waals surface area (Å²) >= 11 is 5.89. The van der Waals surface area contributed by atoms with Crippen molar-refractivity contribution in [1.29, 1.82) is 0 Å². The van der Waals surface area contributed by atoms with E-state index in [9.17, 15) is 35.9 Å². The van der Waals surface area contributed by atoms with Crippen LogP contribution >= 0.6 is 11.6 Å². The van der Waals surface area contributed by atoms with Crippen LogP contribution in [-0.4, -0.2) is 54.7 Å². The van der Waals surface area contributed by atoms with Crippen LogP contribution in [0.15, 0.2) is 78.9 Å². The highest BCUT2D eigenvalue weighted by Crippen LogP contribution is 2.44. The number of alkyl halides is 7. The van der Waals surface area contributed by atoms with Gasteiger partial charge in [0.25, 0.3) is 0 Å². The van der Waals surface area contributed by atoms with Gasteiger partial charge in [-0.1, -0.05) is 74.0 Å². The second-order valence-electron chi connectivity index (χ2n) is 12.7. The van der Waals surface area contributed by atoms with Gasteiger partial charge in [-0.25, -0.2) is 4.79 Å². The van der Waals surface area contributed by atoms with Gasteiger partial charge < -0.3 is 19.5 Å². The van der Waals surface area contributed by atoms with E-state index in [1.54, 1.807) is 54.6 Å². The Morgan fingerprint density at radius 3 is 2.08 bits per heavy atom. The van der Waals surface area contributed by atoms with Crippen molar-refractivity contribution in [3.63, 3.8) is 0 Å². The molecule has 278 valence electrons. The molecule has 1 saturated heterocycles. The van der Waals surface area contributed by atoms with Crippen molar-refractivity contribution < 1.29 is 50.1 Å². The average Bonchev–Trinajstić information content (AvgIpc) is 3.11. The fourth-order valence-corrected chi connectivity index (χ4v) is 6.17. The summed E-state index contributed by atoms with van der Waals surface area (Å²) in [4.78, 5) is 28.4. The molecule has 14 heteroatoms. The lowest BCUT2D eigenvalue weighted by molar-refractivity contribution is -0.143. The first-order chi connectivity index (χ1) is 24.1. The number of hydrogen-bond donors (Lipinski definition) is 1. The number of nitrogens with zero attached hydrogens (tertiary/aromatic N) is 1. The molecule has 3 aromatic carbocycles. The maximum Gasteiger partial charge on any atom is 0.416 e. The largest absolute Gasteiger partial charge is 0.445 e. The Morgan fingerprint density at radius 1 is 0.902 bits per heavy atom. The summed E-state index contributed by atoms with van der Waals surface area (Å²) in [5.74, 6) is -0.841. The third-order valence-electron chi connectivity index (χ3n) is 8.93. The Bertz CT molecular complexity index is 1560. The van der Waals surface area contributed by atoms with E-state index in [-0.39, 0.29) is 56.7 Å². The predicted molar refractivity (Wildman–Crippen MR) is 179 cm³/mol. The molecule has 4 rings (SSSR count). The van der Waals surface area contributed by atoms with E-state index in [0.717, 1.165) is 12.8 Å². The van der Waals surface area contributed by atoms with Crippen LogP contribution in [0.1, 0.15) is 73.5 Å². The predicted octanol–water partition coefficient (Wildman–Crippen LogP) is 9.04. The molecule has 3 atom stereocenters. The zero-order chi connectivity index (χ0) is 37.3. The first kappa shape index (κ1) is 40.0. The number of rotatable bonds is 14. The van der Waals surface area contributed by atoms with Crippen LogP contribution in [-0.2, 0) is 43.5 Å². The van der Waals surface area contributed by atoms with Gasteiger partial charge in [-0.2, -0.15) is 26.3 Å². The standard InChI is InChI=1S/C37H41ClF6N2O5/c1-3-4-17-49-24-34(45-32(47)21-38)15-16-35(29-13-9-6-10-14-29,46(23-34)33(48)50-22-27-11-7-5-8-12-27)25-51-26(2)28-18-30(36(39,40)41)20-31(19-28)37(42,43)44/h5-14,18-20,26H,3-4,15-17,21-25H2,1-2H3,(H,45,47)/t26-,34+,35-/m1/s1. The number of carbonyl (C=O) groups is 2. The Balaban J connectivity index is 1.76. The quantitative estimate of drug-likeness (QED) is 0.101. The molecule has 0 spiro atoms. The Labute approximate surface area is 298 Å². The highest BCUT2D eigenvalue weighted by atomic mass is 35.5. The molecule has 7 nitrogen and oxygen atoms in total. The van der Waals surface area contributed by atoms with Crippen LogP contribution in [0.25, 0.3) is 0 Å². The highest BCUT2D eigenvalue weighted by molar-refractivity contribution is 6.27. The summed E-state index contributed by atoms with van der Waals surface area (Å²) in [6.07, 6.45) is -10.1. The molecule has 0 aromatic heterocycles. The van der Waals surface area contributed by atoms with Crippen molar-refractivity contribution in [3.05, 3.63) is 107 Å². The Hall–Kier alpha value is -3.81. The van der Waals surface area contributed by atoms with Crippen molar-refractivity contribution in [2.45, 2.75) is 75.7 Å². The molecule has 0 unspecified atom stereocenters. The number of hydrogen-bond acceptors (Lipinski definition) is 5. The van der Waals surface area contributed by atoms with Crippen molar-refractivity contribution in [2.24, 2.45) is 0 Å². The molecule has 0 radical (unpaired) electrons. The number of unbranched alkanes of at least 4 members (excludes halogenated alkanes) is 1. The maximum atomic E-state index is 14.2. The molecule has 0 bridgehead atoms. The lowest BCUT2D eigenvalue weighted by Gasteiger charge is -2.53. The second kappa shape index (κ2) is 17.1. The fourth-order valence-electron chi connectivity index (χ4n) is 6.10. The van der Waals surface area contributed by atoms with Crippen molar-refractivity contribution in [1.82, 2.24) is 10.2 Å². The van der Waals surface area contributed by atoms with Gasteiger partial charge in [-0.3, -0.25) is 9.69 Å². The molecular weight excluding hydrogens is 702 g/mol. The van der Waals surface area contributed by atoms with Crippen molar-refractivity contribution in [3.8, 4) is 0 Å². The molecule has 1 aliphatic heterocycles. The number of amides is 2. The van der Waals surface area contributed by atoms with E-state index in [1.165, 1.54) is 11.8 Å². The lowest BCUT2D eigenvalue weighted by atomic mass is 9.74. The molecule has 1 N–H and O–H groups in total. The number of piperidine rings is 1. The smallest absolute Gasteiger partial charge is 0.416 e. The van der Waals surface area contributed by atoms with Crippen LogP contribution in [0.2, 0.25) is 0 Å². The van der Waals surface area contributed by atoms with Crippen molar-refractivity contribution >= 4 is 23.6 Å².